The Kier molecular flexibility index (Phi) is 4.87. The topological polar surface area (TPSA) is 59.9 Å². The van der Waals surface area contributed by atoms with Gasteiger partial charge in [0, 0.05) is 18.1 Å². The molecule has 1 atom stereocenters. The summed E-state index contributed by atoms with van der Waals surface area (Å²) in [5.74, 6) is 1.79. The van der Waals surface area contributed by atoms with Crippen LogP contribution in [0.15, 0.2) is 36.8 Å². The van der Waals surface area contributed by atoms with Crippen LogP contribution in [0.1, 0.15) is 32.4 Å². The lowest BCUT2D eigenvalue weighted by atomic mass is 10.1. The van der Waals surface area contributed by atoms with E-state index in [4.69, 9.17) is 4.74 Å². The van der Waals surface area contributed by atoms with Crippen molar-refractivity contribution in [1.29, 1.82) is 0 Å². The van der Waals surface area contributed by atoms with E-state index in [0.717, 1.165) is 11.4 Å². The van der Waals surface area contributed by atoms with E-state index in [0.29, 0.717) is 18.4 Å². The summed E-state index contributed by atoms with van der Waals surface area (Å²) < 4.78 is 5.73. The van der Waals surface area contributed by atoms with E-state index >= 15 is 0 Å². The fraction of sp³-hybridized carbons (Fsp3) is 0.400. The number of anilines is 1. The average molecular weight is 272 g/mol. The standard InChI is InChI=1S/C15H20N4O/c1-11(2)14-6-8-17-15(19-14)18-9-12(3)20-13-5-4-7-16-10-13/h4-8,10-12H,9H2,1-3H3,(H,17,18,19)/t12-/m1/s1. The highest BCUT2D eigenvalue weighted by Gasteiger charge is 2.06. The predicted molar refractivity (Wildman–Crippen MR) is 78.9 cm³/mol. The summed E-state index contributed by atoms with van der Waals surface area (Å²) in [7, 11) is 0. The van der Waals surface area contributed by atoms with Gasteiger partial charge in [-0.3, -0.25) is 4.98 Å². The van der Waals surface area contributed by atoms with E-state index in [9.17, 15) is 0 Å². The van der Waals surface area contributed by atoms with Crippen molar-refractivity contribution in [3.63, 3.8) is 0 Å². The Hall–Kier alpha value is -2.17. The lowest BCUT2D eigenvalue weighted by Gasteiger charge is -2.15. The summed E-state index contributed by atoms with van der Waals surface area (Å²) in [5, 5.41) is 3.19. The van der Waals surface area contributed by atoms with E-state index < -0.39 is 0 Å². The Bertz CT molecular complexity index is 530. The van der Waals surface area contributed by atoms with E-state index in [-0.39, 0.29) is 6.10 Å². The molecule has 2 rings (SSSR count). The molecule has 2 heterocycles. The fourth-order valence-electron chi connectivity index (χ4n) is 1.71. The molecule has 20 heavy (non-hydrogen) atoms. The van der Waals surface area contributed by atoms with Crippen LogP contribution >= 0.6 is 0 Å². The second-order valence-corrected chi connectivity index (χ2v) is 4.96. The molecule has 0 aromatic carbocycles. The Morgan fingerprint density at radius 1 is 1.20 bits per heavy atom. The van der Waals surface area contributed by atoms with Gasteiger partial charge >= 0.3 is 0 Å². The summed E-state index contributed by atoms with van der Waals surface area (Å²) in [6, 6.07) is 5.68. The van der Waals surface area contributed by atoms with Gasteiger partial charge in [0.1, 0.15) is 11.9 Å². The Balaban J connectivity index is 1.87. The van der Waals surface area contributed by atoms with Crippen molar-refractivity contribution in [2.75, 3.05) is 11.9 Å². The molecule has 0 aliphatic carbocycles. The minimum absolute atomic E-state index is 0.00510. The molecule has 0 amide bonds. The first kappa shape index (κ1) is 14.2. The predicted octanol–water partition coefficient (Wildman–Crippen LogP) is 2.87. The molecule has 0 radical (unpaired) electrons. The molecule has 2 aromatic heterocycles. The Morgan fingerprint density at radius 3 is 2.75 bits per heavy atom. The van der Waals surface area contributed by atoms with Gasteiger partial charge in [0.25, 0.3) is 0 Å². The maximum absolute atomic E-state index is 5.73. The van der Waals surface area contributed by atoms with Gasteiger partial charge in [-0.15, -0.1) is 0 Å². The van der Waals surface area contributed by atoms with E-state index in [2.05, 4.69) is 34.1 Å². The molecule has 0 bridgehead atoms. The summed E-state index contributed by atoms with van der Waals surface area (Å²) in [6.45, 7) is 6.85. The van der Waals surface area contributed by atoms with Crippen molar-refractivity contribution in [2.45, 2.75) is 32.8 Å². The molecule has 0 aliphatic heterocycles. The molecular weight excluding hydrogens is 252 g/mol. The third-order valence-electron chi connectivity index (χ3n) is 2.79. The molecule has 5 nitrogen and oxygen atoms in total. The fourth-order valence-corrected chi connectivity index (χ4v) is 1.71. The number of ether oxygens (including phenoxy) is 1. The van der Waals surface area contributed by atoms with Crippen LogP contribution < -0.4 is 10.1 Å². The van der Waals surface area contributed by atoms with Crippen LogP contribution in [0.4, 0.5) is 5.95 Å². The van der Waals surface area contributed by atoms with E-state index in [1.807, 2.05) is 25.1 Å². The molecule has 0 aliphatic rings. The van der Waals surface area contributed by atoms with Gasteiger partial charge in [-0.1, -0.05) is 13.8 Å². The average Bonchev–Trinajstić information content (AvgIpc) is 2.46. The maximum Gasteiger partial charge on any atom is 0.222 e. The lowest BCUT2D eigenvalue weighted by Crippen LogP contribution is -2.23. The molecule has 106 valence electrons. The van der Waals surface area contributed by atoms with Gasteiger partial charge in [0.05, 0.1) is 12.7 Å². The van der Waals surface area contributed by atoms with E-state index in [1.54, 1.807) is 18.6 Å². The van der Waals surface area contributed by atoms with Crippen molar-refractivity contribution < 1.29 is 4.74 Å². The molecule has 0 saturated heterocycles. The summed E-state index contributed by atoms with van der Waals surface area (Å²) >= 11 is 0. The first-order valence-electron chi connectivity index (χ1n) is 6.78. The number of aromatic nitrogens is 3. The first-order valence-corrected chi connectivity index (χ1v) is 6.78. The monoisotopic (exact) mass is 272 g/mol. The zero-order valence-electron chi connectivity index (χ0n) is 12.1. The summed E-state index contributed by atoms with van der Waals surface area (Å²) in [6.07, 6.45) is 5.20. The highest BCUT2D eigenvalue weighted by atomic mass is 16.5. The molecule has 5 heteroatoms. The van der Waals surface area contributed by atoms with Crippen LogP contribution in [0.3, 0.4) is 0 Å². The van der Waals surface area contributed by atoms with Crippen LogP contribution in [0, 0.1) is 0 Å². The van der Waals surface area contributed by atoms with Gasteiger partial charge in [-0.05, 0) is 31.0 Å². The number of pyridine rings is 1. The smallest absolute Gasteiger partial charge is 0.222 e. The molecule has 1 N–H and O–H groups in total. The molecule has 0 unspecified atom stereocenters. The van der Waals surface area contributed by atoms with Crippen LogP contribution in [0.5, 0.6) is 5.75 Å². The second-order valence-electron chi connectivity index (χ2n) is 4.96. The summed E-state index contributed by atoms with van der Waals surface area (Å²) in [4.78, 5) is 12.7. The minimum Gasteiger partial charge on any atom is -0.487 e. The SMILES string of the molecule is CC(C)c1ccnc(NC[C@@H](C)Oc2cccnc2)n1. The van der Waals surface area contributed by atoms with Crippen molar-refractivity contribution in [2.24, 2.45) is 0 Å². The van der Waals surface area contributed by atoms with Gasteiger partial charge in [-0.25, -0.2) is 9.97 Å². The second kappa shape index (κ2) is 6.84. The molecular formula is C15H20N4O. The largest absolute Gasteiger partial charge is 0.487 e. The number of nitrogens with zero attached hydrogens (tertiary/aromatic N) is 3. The van der Waals surface area contributed by atoms with Crippen molar-refractivity contribution in [3.8, 4) is 5.75 Å². The number of hydrogen-bond acceptors (Lipinski definition) is 5. The zero-order valence-corrected chi connectivity index (χ0v) is 12.1. The Morgan fingerprint density at radius 2 is 2.05 bits per heavy atom. The third-order valence-corrected chi connectivity index (χ3v) is 2.79. The molecule has 0 fully saturated rings. The molecule has 0 spiro atoms. The van der Waals surface area contributed by atoms with Gasteiger partial charge in [-0.2, -0.15) is 0 Å². The van der Waals surface area contributed by atoms with Gasteiger partial charge in [0.15, 0.2) is 0 Å². The Labute approximate surface area is 119 Å². The zero-order chi connectivity index (χ0) is 14.4. The highest BCUT2D eigenvalue weighted by Crippen LogP contribution is 2.12. The van der Waals surface area contributed by atoms with Crippen molar-refractivity contribution in [1.82, 2.24) is 15.0 Å². The minimum atomic E-state index is 0.00510. The van der Waals surface area contributed by atoms with Crippen LogP contribution in [0.2, 0.25) is 0 Å². The van der Waals surface area contributed by atoms with Crippen molar-refractivity contribution in [3.05, 3.63) is 42.5 Å². The van der Waals surface area contributed by atoms with Crippen LogP contribution in [-0.4, -0.2) is 27.6 Å². The van der Waals surface area contributed by atoms with Gasteiger partial charge in [0.2, 0.25) is 5.95 Å². The van der Waals surface area contributed by atoms with Crippen LogP contribution in [-0.2, 0) is 0 Å². The van der Waals surface area contributed by atoms with Gasteiger partial charge < -0.3 is 10.1 Å². The third kappa shape index (κ3) is 4.19. The number of rotatable bonds is 6. The maximum atomic E-state index is 5.73. The normalized spacial score (nSPS) is 12.2. The van der Waals surface area contributed by atoms with Crippen LogP contribution in [0.25, 0.3) is 0 Å². The number of nitrogens with one attached hydrogen (secondary N) is 1. The molecule has 0 saturated carbocycles. The number of hydrogen-bond donors (Lipinski definition) is 1. The van der Waals surface area contributed by atoms with E-state index in [1.165, 1.54) is 0 Å². The first-order chi connectivity index (χ1) is 9.65. The summed E-state index contributed by atoms with van der Waals surface area (Å²) in [5.41, 5.74) is 1.03. The quantitative estimate of drug-likeness (QED) is 0.876. The lowest BCUT2D eigenvalue weighted by molar-refractivity contribution is 0.233. The van der Waals surface area contributed by atoms with Crippen molar-refractivity contribution >= 4 is 5.95 Å². The highest BCUT2D eigenvalue weighted by molar-refractivity contribution is 5.26. The molecule has 2 aromatic rings.